The third kappa shape index (κ3) is 4.80. The van der Waals surface area contributed by atoms with Gasteiger partial charge in [0.1, 0.15) is 0 Å². The summed E-state index contributed by atoms with van der Waals surface area (Å²) in [5.74, 6) is -0.129. The minimum absolute atomic E-state index is 0.129. The molecule has 3 heteroatoms. The quantitative estimate of drug-likeness (QED) is 0.475. The standard InChI is InChI=1S/C14H14N2O/c1-2-3-10-16-14(17)9-8-12-4-6-13(11-15)7-5-12/h2,4-9H,1,3,10H2,(H,16,17)/b9-8+. The maximum atomic E-state index is 11.3. The van der Waals surface area contributed by atoms with Gasteiger partial charge in [0.2, 0.25) is 5.91 Å². The summed E-state index contributed by atoms with van der Waals surface area (Å²) in [6, 6.07) is 9.07. The number of nitrogens with one attached hydrogen (secondary N) is 1. The molecule has 0 saturated heterocycles. The van der Waals surface area contributed by atoms with Crippen molar-refractivity contribution in [2.75, 3.05) is 6.54 Å². The molecule has 0 aromatic heterocycles. The van der Waals surface area contributed by atoms with E-state index >= 15 is 0 Å². The SMILES string of the molecule is C=CCCNC(=O)/C=C/c1ccc(C#N)cc1. The molecule has 0 saturated carbocycles. The zero-order valence-corrected chi connectivity index (χ0v) is 9.52. The van der Waals surface area contributed by atoms with Crippen molar-refractivity contribution in [2.24, 2.45) is 0 Å². The summed E-state index contributed by atoms with van der Waals surface area (Å²) in [5, 5.41) is 11.4. The molecule has 0 spiro atoms. The van der Waals surface area contributed by atoms with Gasteiger partial charge >= 0.3 is 0 Å². The first kappa shape index (κ1) is 12.7. The Morgan fingerprint density at radius 2 is 2.12 bits per heavy atom. The monoisotopic (exact) mass is 226 g/mol. The second-order valence-electron chi connectivity index (χ2n) is 3.44. The molecule has 0 fully saturated rings. The van der Waals surface area contributed by atoms with E-state index < -0.39 is 0 Å². The zero-order chi connectivity index (χ0) is 12.5. The number of carbonyl (C=O) groups is 1. The van der Waals surface area contributed by atoms with E-state index in [2.05, 4.69) is 11.9 Å². The molecule has 0 aliphatic rings. The first-order chi connectivity index (χ1) is 8.26. The van der Waals surface area contributed by atoms with Crippen LogP contribution in [0.4, 0.5) is 0 Å². The first-order valence-corrected chi connectivity index (χ1v) is 5.33. The van der Waals surface area contributed by atoms with E-state index in [9.17, 15) is 4.79 Å². The van der Waals surface area contributed by atoms with Crippen LogP contribution in [0.2, 0.25) is 0 Å². The van der Waals surface area contributed by atoms with Gasteiger partial charge in [-0.1, -0.05) is 18.2 Å². The highest BCUT2D eigenvalue weighted by molar-refractivity contribution is 5.91. The van der Waals surface area contributed by atoms with Crippen molar-refractivity contribution in [3.05, 3.63) is 54.1 Å². The van der Waals surface area contributed by atoms with Gasteiger partial charge in [-0.25, -0.2) is 0 Å². The number of benzene rings is 1. The van der Waals surface area contributed by atoms with Gasteiger partial charge < -0.3 is 5.32 Å². The summed E-state index contributed by atoms with van der Waals surface area (Å²) in [6.45, 7) is 4.17. The molecule has 1 aromatic carbocycles. The molecule has 3 nitrogen and oxygen atoms in total. The van der Waals surface area contributed by atoms with Crippen LogP contribution in [0.3, 0.4) is 0 Å². The van der Waals surface area contributed by atoms with Gasteiger partial charge in [0.15, 0.2) is 0 Å². The van der Waals surface area contributed by atoms with Crippen LogP contribution >= 0.6 is 0 Å². The summed E-state index contributed by atoms with van der Waals surface area (Å²) < 4.78 is 0. The molecule has 0 unspecified atom stereocenters. The third-order valence-corrected chi connectivity index (χ3v) is 2.11. The molecule has 1 amide bonds. The lowest BCUT2D eigenvalue weighted by Gasteiger charge is -1.98. The molecular weight excluding hydrogens is 212 g/mol. The van der Waals surface area contributed by atoms with Crippen LogP contribution < -0.4 is 5.32 Å². The van der Waals surface area contributed by atoms with Crippen molar-refractivity contribution in [1.29, 1.82) is 5.26 Å². The van der Waals surface area contributed by atoms with Crippen molar-refractivity contribution >= 4 is 12.0 Å². The molecule has 0 heterocycles. The predicted molar refractivity (Wildman–Crippen MR) is 68.0 cm³/mol. The van der Waals surface area contributed by atoms with Gasteiger partial charge in [-0.2, -0.15) is 5.26 Å². The van der Waals surface area contributed by atoms with Crippen LogP contribution in [0, 0.1) is 11.3 Å². The van der Waals surface area contributed by atoms with E-state index in [0.29, 0.717) is 12.1 Å². The van der Waals surface area contributed by atoms with Crippen LogP contribution in [0.25, 0.3) is 6.08 Å². The van der Waals surface area contributed by atoms with E-state index in [1.807, 2.05) is 6.07 Å². The number of nitrogens with zero attached hydrogens (tertiary/aromatic N) is 1. The molecule has 1 aromatic rings. The van der Waals surface area contributed by atoms with Crippen molar-refractivity contribution in [2.45, 2.75) is 6.42 Å². The lowest BCUT2D eigenvalue weighted by atomic mass is 10.1. The fourth-order valence-corrected chi connectivity index (χ4v) is 1.20. The van der Waals surface area contributed by atoms with Crippen LogP contribution in [-0.4, -0.2) is 12.5 Å². The Morgan fingerprint density at radius 1 is 1.41 bits per heavy atom. The highest BCUT2D eigenvalue weighted by Gasteiger charge is 1.94. The molecule has 0 bridgehead atoms. The molecule has 1 rings (SSSR count). The minimum atomic E-state index is -0.129. The van der Waals surface area contributed by atoms with Crippen molar-refractivity contribution < 1.29 is 4.79 Å². The Bertz CT molecular complexity index is 452. The molecule has 86 valence electrons. The van der Waals surface area contributed by atoms with Crippen molar-refractivity contribution in [3.63, 3.8) is 0 Å². The Balaban J connectivity index is 2.49. The van der Waals surface area contributed by atoms with Crippen LogP contribution in [0.15, 0.2) is 43.0 Å². The zero-order valence-electron chi connectivity index (χ0n) is 9.52. The average Bonchev–Trinajstić information content (AvgIpc) is 2.37. The van der Waals surface area contributed by atoms with Gasteiger partial charge in [-0.3, -0.25) is 4.79 Å². The molecule has 0 atom stereocenters. The van der Waals surface area contributed by atoms with E-state index in [1.54, 1.807) is 36.4 Å². The summed E-state index contributed by atoms with van der Waals surface area (Å²) >= 11 is 0. The fourth-order valence-electron chi connectivity index (χ4n) is 1.20. The fraction of sp³-hybridized carbons (Fsp3) is 0.143. The molecule has 0 aliphatic heterocycles. The summed E-state index contributed by atoms with van der Waals surface area (Å²) in [6.07, 6.45) is 5.70. The second kappa shape index (κ2) is 7.02. The highest BCUT2D eigenvalue weighted by Crippen LogP contribution is 2.04. The van der Waals surface area contributed by atoms with Gasteiger partial charge in [-0.05, 0) is 30.2 Å². The topological polar surface area (TPSA) is 52.9 Å². The molecular formula is C14H14N2O. The van der Waals surface area contributed by atoms with Crippen molar-refractivity contribution in [3.8, 4) is 6.07 Å². The first-order valence-electron chi connectivity index (χ1n) is 5.33. The van der Waals surface area contributed by atoms with Crippen molar-refractivity contribution in [1.82, 2.24) is 5.32 Å². The van der Waals surface area contributed by atoms with Crippen LogP contribution in [-0.2, 0) is 4.79 Å². The Morgan fingerprint density at radius 3 is 2.71 bits per heavy atom. The molecule has 1 N–H and O–H groups in total. The van der Waals surface area contributed by atoms with Gasteiger partial charge in [0.25, 0.3) is 0 Å². The Labute approximate surface area is 101 Å². The molecule has 0 aliphatic carbocycles. The smallest absolute Gasteiger partial charge is 0.244 e. The number of amides is 1. The predicted octanol–water partition coefficient (Wildman–Crippen LogP) is 2.26. The van der Waals surface area contributed by atoms with Gasteiger partial charge in [0, 0.05) is 12.6 Å². The van der Waals surface area contributed by atoms with Crippen LogP contribution in [0.5, 0.6) is 0 Å². The van der Waals surface area contributed by atoms with E-state index in [-0.39, 0.29) is 5.91 Å². The Kier molecular flexibility index (Phi) is 5.26. The van der Waals surface area contributed by atoms with Crippen LogP contribution in [0.1, 0.15) is 17.5 Å². The van der Waals surface area contributed by atoms with E-state index in [4.69, 9.17) is 5.26 Å². The number of carbonyl (C=O) groups excluding carboxylic acids is 1. The second-order valence-corrected chi connectivity index (χ2v) is 3.44. The molecule has 17 heavy (non-hydrogen) atoms. The number of nitriles is 1. The summed E-state index contributed by atoms with van der Waals surface area (Å²) in [5.41, 5.74) is 1.50. The maximum absolute atomic E-state index is 11.3. The average molecular weight is 226 g/mol. The maximum Gasteiger partial charge on any atom is 0.244 e. The number of hydrogen-bond acceptors (Lipinski definition) is 2. The lowest BCUT2D eigenvalue weighted by Crippen LogP contribution is -2.21. The largest absolute Gasteiger partial charge is 0.352 e. The normalized spacial score (nSPS) is 9.82. The summed E-state index contributed by atoms with van der Waals surface area (Å²) in [4.78, 5) is 11.3. The number of hydrogen-bond donors (Lipinski definition) is 1. The van der Waals surface area contributed by atoms with E-state index in [0.717, 1.165) is 12.0 Å². The number of rotatable bonds is 5. The molecule has 0 radical (unpaired) electrons. The van der Waals surface area contributed by atoms with Gasteiger partial charge in [0.05, 0.1) is 11.6 Å². The minimum Gasteiger partial charge on any atom is -0.352 e. The van der Waals surface area contributed by atoms with Gasteiger partial charge in [-0.15, -0.1) is 6.58 Å². The van der Waals surface area contributed by atoms with E-state index in [1.165, 1.54) is 6.08 Å². The Hall–Kier alpha value is -2.34. The lowest BCUT2D eigenvalue weighted by molar-refractivity contribution is -0.116. The third-order valence-electron chi connectivity index (χ3n) is 2.11. The summed E-state index contributed by atoms with van der Waals surface area (Å²) in [7, 11) is 0. The highest BCUT2D eigenvalue weighted by atomic mass is 16.1.